The molecule has 0 aliphatic rings. The molecule has 140 valence electrons. The van der Waals surface area contributed by atoms with E-state index >= 15 is 0 Å². The van der Waals surface area contributed by atoms with Crippen LogP contribution in [0.1, 0.15) is 22.8 Å². The molecule has 0 aromatic heterocycles. The fraction of sp³-hybridized carbons (Fsp3) is 0.150. The lowest BCUT2D eigenvalue weighted by molar-refractivity contribution is -0.131. The van der Waals surface area contributed by atoms with Gasteiger partial charge in [0.05, 0.1) is 0 Å². The van der Waals surface area contributed by atoms with Gasteiger partial charge in [-0.25, -0.2) is 0 Å². The van der Waals surface area contributed by atoms with E-state index in [2.05, 4.69) is 10.6 Å². The molecular weight excluding hydrogens is 368 g/mol. The molecule has 27 heavy (non-hydrogen) atoms. The highest BCUT2D eigenvalue weighted by atomic mass is 35.5. The number of amides is 2. The summed E-state index contributed by atoms with van der Waals surface area (Å²) in [7, 11) is 0. The summed E-state index contributed by atoms with van der Waals surface area (Å²) in [5, 5.41) is 5.99. The Morgan fingerprint density at radius 1 is 1.04 bits per heavy atom. The number of nitrogens with one attached hydrogen (secondary N) is 2. The van der Waals surface area contributed by atoms with E-state index in [0.717, 1.165) is 5.56 Å². The minimum atomic E-state index is -0.457. The van der Waals surface area contributed by atoms with E-state index in [1.807, 2.05) is 0 Å². The van der Waals surface area contributed by atoms with Crippen LogP contribution in [0.5, 0.6) is 5.75 Å². The topological polar surface area (TPSA) is 84.5 Å². The van der Waals surface area contributed by atoms with E-state index in [9.17, 15) is 14.4 Å². The fourth-order valence-electron chi connectivity index (χ4n) is 2.14. The Morgan fingerprint density at radius 2 is 1.74 bits per heavy atom. The molecule has 2 aromatic carbocycles. The third kappa shape index (κ3) is 7.33. The van der Waals surface area contributed by atoms with Crippen LogP contribution >= 0.6 is 11.6 Å². The van der Waals surface area contributed by atoms with Crippen molar-refractivity contribution in [2.75, 3.05) is 13.1 Å². The molecule has 0 aliphatic heterocycles. The predicted octanol–water partition coefficient (Wildman–Crippen LogP) is 2.82. The minimum Gasteiger partial charge on any atom is -0.427 e. The third-order valence-electron chi connectivity index (χ3n) is 3.36. The van der Waals surface area contributed by atoms with Crippen LogP contribution in [0.25, 0.3) is 6.08 Å². The van der Waals surface area contributed by atoms with Gasteiger partial charge in [-0.2, -0.15) is 0 Å². The average Bonchev–Trinajstić information content (AvgIpc) is 2.64. The van der Waals surface area contributed by atoms with Crippen molar-refractivity contribution in [2.45, 2.75) is 6.92 Å². The number of rotatable bonds is 7. The molecular formula is C20H19ClN2O4. The van der Waals surface area contributed by atoms with Gasteiger partial charge in [-0.05, 0) is 42.0 Å². The molecule has 0 fully saturated rings. The van der Waals surface area contributed by atoms with Crippen LogP contribution in [0.15, 0.2) is 54.6 Å². The quantitative estimate of drug-likeness (QED) is 0.331. The van der Waals surface area contributed by atoms with Crippen molar-refractivity contribution >= 4 is 35.5 Å². The van der Waals surface area contributed by atoms with Crippen molar-refractivity contribution in [3.05, 3.63) is 70.8 Å². The van der Waals surface area contributed by atoms with Crippen LogP contribution in [0.2, 0.25) is 5.02 Å². The Morgan fingerprint density at radius 3 is 2.44 bits per heavy atom. The van der Waals surface area contributed by atoms with E-state index in [1.54, 1.807) is 48.5 Å². The molecule has 2 aromatic rings. The summed E-state index contributed by atoms with van der Waals surface area (Å²) in [5.41, 5.74) is 1.22. The van der Waals surface area contributed by atoms with Crippen molar-refractivity contribution in [1.29, 1.82) is 0 Å². The van der Waals surface area contributed by atoms with Gasteiger partial charge in [0.1, 0.15) is 5.75 Å². The molecule has 2 N–H and O–H groups in total. The first-order chi connectivity index (χ1) is 12.9. The second kappa shape index (κ2) is 10.1. The molecule has 0 atom stereocenters. The molecule has 0 saturated heterocycles. The summed E-state index contributed by atoms with van der Waals surface area (Å²) < 4.78 is 4.94. The Hall–Kier alpha value is -3.12. The largest absolute Gasteiger partial charge is 0.427 e. The zero-order valence-corrected chi connectivity index (χ0v) is 15.5. The molecule has 0 unspecified atom stereocenters. The van der Waals surface area contributed by atoms with E-state index in [-0.39, 0.29) is 24.9 Å². The smallest absolute Gasteiger partial charge is 0.308 e. The van der Waals surface area contributed by atoms with Gasteiger partial charge in [-0.1, -0.05) is 29.8 Å². The highest BCUT2D eigenvalue weighted by molar-refractivity contribution is 6.30. The van der Waals surface area contributed by atoms with Gasteiger partial charge in [0.25, 0.3) is 5.91 Å². The molecule has 6 nitrogen and oxygen atoms in total. The fourth-order valence-corrected chi connectivity index (χ4v) is 2.26. The van der Waals surface area contributed by atoms with Crippen LogP contribution in [0, 0.1) is 0 Å². The minimum absolute atomic E-state index is 0.261. The molecule has 0 heterocycles. The highest BCUT2D eigenvalue weighted by Gasteiger charge is 2.07. The van der Waals surface area contributed by atoms with Gasteiger partial charge in [0.2, 0.25) is 5.91 Å². The summed E-state index contributed by atoms with van der Waals surface area (Å²) in [4.78, 5) is 34.8. The van der Waals surface area contributed by atoms with Crippen molar-refractivity contribution in [2.24, 2.45) is 0 Å². The van der Waals surface area contributed by atoms with Crippen molar-refractivity contribution in [3.63, 3.8) is 0 Å². The van der Waals surface area contributed by atoms with Crippen molar-refractivity contribution < 1.29 is 19.1 Å². The summed E-state index contributed by atoms with van der Waals surface area (Å²) in [6.07, 6.45) is 3.08. The van der Waals surface area contributed by atoms with Gasteiger partial charge in [0.15, 0.2) is 0 Å². The Labute approximate surface area is 162 Å². The monoisotopic (exact) mass is 386 g/mol. The van der Waals surface area contributed by atoms with Gasteiger partial charge < -0.3 is 15.4 Å². The van der Waals surface area contributed by atoms with Gasteiger partial charge >= 0.3 is 5.97 Å². The number of carbonyl (C=O) groups is 3. The number of ether oxygens (including phenoxy) is 1. The lowest BCUT2D eigenvalue weighted by atomic mass is 10.2. The molecule has 0 spiro atoms. The first kappa shape index (κ1) is 20.2. The van der Waals surface area contributed by atoms with Crippen LogP contribution < -0.4 is 15.4 Å². The predicted molar refractivity (Wildman–Crippen MR) is 104 cm³/mol. The van der Waals surface area contributed by atoms with Crippen molar-refractivity contribution in [3.8, 4) is 5.75 Å². The van der Waals surface area contributed by atoms with Crippen molar-refractivity contribution in [1.82, 2.24) is 10.6 Å². The number of benzene rings is 2. The summed E-state index contributed by atoms with van der Waals surface area (Å²) in [6.45, 7) is 1.83. The number of esters is 1. The number of hydrogen-bond acceptors (Lipinski definition) is 4. The Kier molecular flexibility index (Phi) is 7.58. The van der Waals surface area contributed by atoms with Crippen LogP contribution in [-0.4, -0.2) is 30.9 Å². The summed E-state index contributed by atoms with van der Waals surface area (Å²) >= 11 is 5.80. The summed E-state index contributed by atoms with van der Waals surface area (Å²) in [5.74, 6) is -0.747. The second-order valence-electron chi connectivity index (χ2n) is 5.55. The average molecular weight is 387 g/mol. The van der Waals surface area contributed by atoms with Crippen LogP contribution in [0.4, 0.5) is 0 Å². The number of halogens is 1. The van der Waals surface area contributed by atoms with Crippen LogP contribution in [0.3, 0.4) is 0 Å². The molecule has 0 aliphatic carbocycles. The first-order valence-corrected chi connectivity index (χ1v) is 8.60. The lowest BCUT2D eigenvalue weighted by Gasteiger charge is -2.07. The van der Waals surface area contributed by atoms with E-state index in [4.69, 9.17) is 16.3 Å². The summed E-state index contributed by atoms with van der Waals surface area (Å²) in [6, 6.07) is 13.4. The van der Waals surface area contributed by atoms with Gasteiger partial charge in [0, 0.05) is 36.7 Å². The zero-order valence-electron chi connectivity index (χ0n) is 14.7. The van der Waals surface area contributed by atoms with E-state index < -0.39 is 5.97 Å². The van der Waals surface area contributed by atoms with E-state index in [1.165, 1.54) is 19.1 Å². The maximum absolute atomic E-state index is 12.1. The normalized spacial score (nSPS) is 10.4. The third-order valence-corrected chi connectivity index (χ3v) is 3.62. The standard InChI is InChI=1S/C20H19ClN2O4/c1-14(24)27-18-4-2-3-16(13-18)20(26)23-12-11-22-19(25)10-7-15-5-8-17(21)9-6-15/h2-10,13H,11-12H2,1H3,(H,22,25)(H,23,26)/b10-7+. The van der Waals surface area contributed by atoms with Gasteiger partial charge in [-0.3, -0.25) is 14.4 Å². The molecule has 0 radical (unpaired) electrons. The van der Waals surface area contributed by atoms with Crippen LogP contribution in [-0.2, 0) is 9.59 Å². The number of hydrogen-bond donors (Lipinski definition) is 2. The molecule has 2 rings (SSSR count). The zero-order chi connectivity index (χ0) is 19.6. The first-order valence-electron chi connectivity index (χ1n) is 8.22. The van der Waals surface area contributed by atoms with Gasteiger partial charge in [-0.15, -0.1) is 0 Å². The Balaban J connectivity index is 1.74. The Bertz CT molecular complexity index is 847. The SMILES string of the molecule is CC(=O)Oc1cccc(C(=O)NCCNC(=O)/C=C/c2ccc(Cl)cc2)c1. The lowest BCUT2D eigenvalue weighted by Crippen LogP contribution is -2.34. The molecule has 2 amide bonds. The van der Waals surface area contributed by atoms with E-state index in [0.29, 0.717) is 16.3 Å². The maximum Gasteiger partial charge on any atom is 0.308 e. The number of carbonyl (C=O) groups excluding carboxylic acids is 3. The second-order valence-corrected chi connectivity index (χ2v) is 5.99. The highest BCUT2D eigenvalue weighted by Crippen LogP contribution is 2.13. The maximum atomic E-state index is 12.1. The molecule has 7 heteroatoms. The molecule has 0 saturated carbocycles. The molecule has 0 bridgehead atoms.